The first-order valence-corrected chi connectivity index (χ1v) is 7.99. The normalized spacial score (nSPS) is 23.4. The molecular weight excluding hydrogens is 248 g/mol. The first-order valence-electron chi connectivity index (χ1n) is 7.99. The number of likely N-dealkylation sites (tertiary alicyclic amines) is 2. The fraction of sp³-hybridized carbons (Fsp3) is 0.812. The summed E-state index contributed by atoms with van der Waals surface area (Å²) in [5.74, 6) is 0.978. The Morgan fingerprint density at radius 2 is 1.45 bits per heavy atom. The number of imidazole rings is 1. The monoisotopic (exact) mass is 278 g/mol. The summed E-state index contributed by atoms with van der Waals surface area (Å²) in [5, 5.41) is 0. The van der Waals surface area contributed by atoms with E-state index >= 15 is 0 Å². The van der Waals surface area contributed by atoms with Crippen molar-refractivity contribution in [2.24, 2.45) is 5.92 Å². The SMILES string of the molecule is CC1CCN(C)CC1.CN1CCC(n2ccnc2)CC1. The van der Waals surface area contributed by atoms with Crippen molar-refractivity contribution in [2.75, 3.05) is 40.3 Å². The standard InChI is InChI=1S/C9H15N3.C7H15N/c1-11-5-2-9(3-6-11)12-7-4-10-8-12;1-7-3-5-8(2)6-4-7/h4,7-9H,2-3,5-6H2,1H3;7H,3-6H2,1-2H3. The average molecular weight is 278 g/mol. The van der Waals surface area contributed by atoms with Gasteiger partial charge in [0.2, 0.25) is 0 Å². The van der Waals surface area contributed by atoms with E-state index in [0.717, 1.165) is 5.92 Å². The molecule has 2 aliphatic rings. The van der Waals surface area contributed by atoms with Crippen LogP contribution in [0.25, 0.3) is 0 Å². The number of nitrogens with zero attached hydrogens (tertiary/aromatic N) is 4. The van der Waals surface area contributed by atoms with Crippen molar-refractivity contribution in [1.29, 1.82) is 0 Å². The van der Waals surface area contributed by atoms with Gasteiger partial charge in [0.15, 0.2) is 0 Å². The van der Waals surface area contributed by atoms with E-state index in [0.29, 0.717) is 6.04 Å². The molecule has 0 amide bonds. The van der Waals surface area contributed by atoms with Crippen LogP contribution in [0, 0.1) is 5.92 Å². The summed E-state index contributed by atoms with van der Waals surface area (Å²) < 4.78 is 2.23. The summed E-state index contributed by atoms with van der Waals surface area (Å²) in [7, 11) is 4.38. The quantitative estimate of drug-likeness (QED) is 0.789. The zero-order valence-electron chi connectivity index (χ0n) is 13.3. The van der Waals surface area contributed by atoms with Gasteiger partial charge >= 0.3 is 0 Å². The number of hydrogen-bond donors (Lipinski definition) is 0. The van der Waals surface area contributed by atoms with Crippen molar-refractivity contribution >= 4 is 0 Å². The van der Waals surface area contributed by atoms with E-state index in [4.69, 9.17) is 0 Å². The van der Waals surface area contributed by atoms with Crippen LogP contribution in [-0.2, 0) is 0 Å². The van der Waals surface area contributed by atoms with Gasteiger partial charge in [-0.2, -0.15) is 0 Å². The van der Waals surface area contributed by atoms with E-state index < -0.39 is 0 Å². The predicted molar refractivity (Wildman–Crippen MR) is 83.9 cm³/mol. The molecule has 0 spiro atoms. The van der Waals surface area contributed by atoms with Gasteiger partial charge in [-0.1, -0.05) is 6.92 Å². The van der Waals surface area contributed by atoms with Crippen LogP contribution >= 0.6 is 0 Å². The molecule has 2 aliphatic heterocycles. The molecule has 0 saturated carbocycles. The smallest absolute Gasteiger partial charge is 0.0948 e. The minimum absolute atomic E-state index is 0.684. The summed E-state index contributed by atoms with van der Waals surface area (Å²) in [6.07, 6.45) is 11.2. The second kappa shape index (κ2) is 7.79. The lowest BCUT2D eigenvalue weighted by atomic mass is 10.00. The van der Waals surface area contributed by atoms with Gasteiger partial charge in [0.1, 0.15) is 0 Å². The molecule has 114 valence electrons. The third-order valence-electron chi connectivity index (χ3n) is 4.64. The summed E-state index contributed by atoms with van der Waals surface area (Å²) in [6, 6.07) is 0.684. The third-order valence-corrected chi connectivity index (χ3v) is 4.64. The van der Waals surface area contributed by atoms with Crippen molar-refractivity contribution in [3.8, 4) is 0 Å². The van der Waals surface area contributed by atoms with Gasteiger partial charge in [-0.15, -0.1) is 0 Å². The van der Waals surface area contributed by atoms with E-state index in [-0.39, 0.29) is 0 Å². The fourth-order valence-corrected chi connectivity index (χ4v) is 2.92. The summed E-state index contributed by atoms with van der Waals surface area (Å²) >= 11 is 0. The highest BCUT2D eigenvalue weighted by Crippen LogP contribution is 2.20. The van der Waals surface area contributed by atoms with Gasteiger partial charge in [0.05, 0.1) is 6.33 Å². The molecule has 1 aromatic rings. The number of hydrogen-bond acceptors (Lipinski definition) is 3. The Bertz CT molecular complexity index is 337. The minimum atomic E-state index is 0.684. The number of aromatic nitrogens is 2. The fourth-order valence-electron chi connectivity index (χ4n) is 2.92. The Labute approximate surface area is 123 Å². The Morgan fingerprint density at radius 3 is 1.90 bits per heavy atom. The van der Waals surface area contributed by atoms with Crippen LogP contribution in [0.2, 0.25) is 0 Å². The Hall–Kier alpha value is -0.870. The van der Waals surface area contributed by atoms with Crippen LogP contribution in [0.1, 0.15) is 38.6 Å². The lowest BCUT2D eigenvalue weighted by Crippen LogP contribution is -2.31. The number of piperidine rings is 2. The molecule has 4 nitrogen and oxygen atoms in total. The molecule has 1 aromatic heterocycles. The Morgan fingerprint density at radius 1 is 0.900 bits per heavy atom. The second-order valence-corrected chi connectivity index (χ2v) is 6.53. The van der Waals surface area contributed by atoms with Crippen molar-refractivity contribution < 1.29 is 0 Å². The molecular formula is C16H30N4. The van der Waals surface area contributed by atoms with Gasteiger partial charge < -0.3 is 14.4 Å². The van der Waals surface area contributed by atoms with Crippen LogP contribution in [0.4, 0.5) is 0 Å². The maximum atomic E-state index is 4.07. The Balaban J connectivity index is 0.000000160. The second-order valence-electron chi connectivity index (χ2n) is 6.53. The molecule has 0 bridgehead atoms. The van der Waals surface area contributed by atoms with E-state index in [1.54, 1.807) is 0 Å². The molecule has 0 aliphatic carbocycles. The average Bonchev–Trinajstić information content (AvgIpc) is 2.98. The van der Waals surface area contributed by atoms with E-state index in [9.17, 15) is 0 Å². The van der Waals surface area contributed by atoms with Crippen LogP contribution < -0.4 is 0 Å². The van der Waals surface area contributed by atoms with E-state index in [1.165, 1.54) is 51.9 Å². The number of rotatable bonds is 1. The van der Waals surface area contributed by atoms with Gasteiger partial charge in [0, 0.05) is 18.4 Å². The van der Waals surface area contributed by atoms with Crippen LogP contribution in [0.3, 0.4) is 0 Å². The van der Waals surface area contributed by atoms with Gasteiger partial charge in [0.25, 0.3) is 0 Å². The van der Waals surface area contributed by atoms with Crippen molar-refractivity contribution in [2.45, 2.75) is 38.6 Å². The van der Waals surface area contributed by atoms with E-state index in [1.807, 2.05) is 12.5 Å². The predicted octanol–water partition coefficient (Wildman–Crippen LogP) is 2.50. The molecule has 20 heavy (non-hydrogen) atoms. The topological polar surface area (TPSA) is 24.3 Å². The summed E-state index contributed by atoms with van der Waals surface area (Å²) in [6.45, 7) is 7.38. The third kappa shape index (κ3) is 4.91. The van der Waals surface area contributed by atoms with Crippen molar-refractivity contribution in [3.05, 3.63) is 18.7 Å². The molecule has 0 atom stereocenters. The summed E-state index contributed by atoms with van der Waals surface area (Å²) in [4.78, 5) is 8.85. The van der Waals surface area contributed by atoms with Gasteiger partial charge in [-0.05, 0) is 71.9 Å². The van der Waals surface area contributed by atoms with Crippen LogP contribution in [0.5, 0.6) is 0 Å². The lowest BCUT2D eigenvalue weighted by Gasteiger charge is -2.29. The molecule has 2 saturated heterocycles. The maximum Gasteiger partial charge on any atom is 0.0948 e. The summed E-state index contributed by atoms with van der Waals surface area (Å²) in [5.41, 5.74) is 0. The molecule has 3 rings (SSSR count). The molecule has 0 N–H and O–H groups in total. The largest absolute Gasteiger partial charge is 0.334 e. The molecule has 0 aromatic carbocycles. The highest BCUT2D eigenvalue weighted by atomic mass is 15.1. The minimum Gasteiger partial charge on any atom is -0.334 e. The van der Waals surface area contributed by atoms with Gasteiger partial charge in [-0.25, -0.2) is 4.98 Å². The zero-order chi connectivity index (χ0) is 14.4. The molecule has 2 fully saturated rings. The first kappa shape index (κ1) is 15.5. The molecule has 4 heteroatoms. The van der Waals surface area contributed by atoms with Gasteiger partial charge in [-0.3, -0.25) is 0 Å². The lowest BCUT2D eigenvalue weighted by molar-refractivity contribution is 0.221. The van der Waals surface area contributed by atoms with E-state index in [2.05, 4.69) is 46.6 Å². The Kier molecular flexibility index (Phi) is 6.05. The highest BCUT2D eigenvalue weighted by molar-refractivity contribution is 4.83. The highest BCUT2D eigenvalue weighted by Gasteiger charge is 2.16. The van der Waals surface area contributed by atoms with Crippen molar-refractivity contribution in [3.63, 3.8) is 0 Å². The molecule has 0 radical (unpaired) electrons. The molecule has 3 heterocycles. The van der Waals surface area contributed by atoms with Crippen LogP contribution in [-0.4, -0.2) is 59.6 Å². The maximum absolute atomic E-state index is 4.07. The van der Waals surface area contributed by atoms with Crippen LogP contribution in [0.15, 0.2) is 18.7 Å². The molecule has 0 unspecified atom stereocenters. The van der Waals surface area contributed by atoms with Crippen molar-refractivity contribution in [1.82, 2.24) is 19.4 Å². The first-order chi connectivity index (χ1) is 9.65. The zero-order valence-corrected chi connectivity index (χ0v) is 13.3.